The number of hydrogen-bond acceptors (Lipinski definition) is 3. The number of fused-ring (bicyclic) bond motifs is 1. The second kappa shape index (κ2) is 5.79. The first-order valence-electron chi connectivity index (χ1n) is 8.16. The lowest BCUT2D eigenvalue weighted by atomic mass is 9.75. The minimum absolute atomic E-state index is 0. The maximum Gasteiger partial charge on any atom is 0.313 e. The molecule has 1 N–H and O–H groups in total. The SMILES string of the molecule is C=C1CC2COC(=O)C2(Cc2ccc(NCC(C)C)cc2)C1.[HH]. The van der Waals surface area contributed by atoms with Crippen molar-refractivity contribution in [2.75, 3.05) is 18.5 Å². The Balaban J connectivity index is 0.00000192. The van der Waals surface area contributed by atoms with E-state index in [0.29, 0.717) is 18.4 Å². The van der Waals surface area contributed by atoms with E-state index in [0.717, 1.165) is 31.5 Å². The lowest BCUT2D eigenvalue weighted by Gasteiger charge is -2.24. The van der Waals surface area contributed by atoms with E-state index in [1.54, 1.807) is 0 Å². The number of ether oxygens (including phenoxy) is 1. The fourth-order valence-corrected chi connectivity index (χ4v) is 3.69. The standard InChI is InChI=1S/C19H25NO2.H2/c1-13(2)11-20-17-6-4-15(5-7-17)10-19-9-14(3)8-16(19)12-22-18(19)21;/h4-7,13,16,20H,3,8-12H2,1-2H3;1H. The van der Waals surface area contributed by atoms with Crippen LogP contribution in [0.2, 0.25) is 0 Å². The quantitative estimate of drug-likeness (QED) is 0.658. The van der Waals surface area contributed by atoms with Crippen LogP contribution in [0.15, 0.2) is 36.4 Å². The molecule has 22 heavy (non-hydrogen) atoms. The molecule has 2 atom stereocenters. The average molecular weight is 301 g/mol. The highest BCUT2D eigenvalue weighted by Gasteiger charge is 2.55. The average Bonchev–Trinajstić information content (AvgIpc) is 2.94. The first kappa shape index (κ1) is 15.1. The van der Waals surface area contributed by atoms with Gasteiger partial charge in [-0.2, -0.15) is 0 Å². The van der Waals surface area contributed by atoms with E-state index in [1.807, 2.05) is 0 Å². The molecule has 120 valence electrons. The fraction of sp³-hybridized carbons (Fsp3) is 0.526. The molecule has 3 heteroatoms. The molecule has 0 bridgehead atoms. The monoisotopic (exact) mass is 301 g/mol. The third-order valence-corrected chi connectivity index (χ3v) is 4.89. The molecule has 1 heterocycles. The molecule has 3 rings (SSSR count). The van der Waals surface area contributed by atoms with Crippen LogP contribution in [0.25, 0.3) is 0 Å². The normalized spacial score (nSPS) is 27.1. The summed E-state index contributed by atoms with van der Waals surface area (Å²) in [5, 5.41) is 3.42. The number of carbonyl (C=O) groups excluding carboxylic acids is 1. The highest BCUT2D eigenvalue weighted by atomic mass is 16.5. The van der Waals surface area contributed by atoms with Gasteiger partial charge >= 0.3 is 5.97 Å². The van der Waals surface area contributed by atoms with E-state index in [-0.39, 0.29) is 12.8 Å². The van der Waals surface area contributed by atoms with Crippen LogP contribution in [0.3, 0.4) is 0 Å². The first-order chi connectivity index (χ1) is 10.5. The van der Waals surface area contributed by atoms with Crippen molar-refractivity contribution < 1.29 is 11.0 Å². The third-order valence-electron chi connectivity index (χ3n) is 4.89. The van der Waals surface area contributed by atoms with E-state index in [2.05, 4.69) is 50.0 Å². The van der Waals surface area contributed by atoms with E-state index >= 15 is 0 Å². The van der Waals surface area contributed by atoms with Gasteiger partial charge in [0.1, 0.15) is 0 Å². The van der Waals surface area contributed by atoms with E-state index < -0.39 is 0 Å². The number of esters is 1. The molecule has 0 amide bonds. The number of benzene rings is 1. The molecule has 3 nitrogen and oxygen atoms in total. The molecule has 1 aliphatic carbocycles. The van der Waals surface area contributed by atoms with Crippen molar-refractivity contribution in [3.63, 3.8) is 0 Å². The third kappa shape index (κ3) is 2.77. The van der Waals surface area contributed by atoms with Crippen molar-refractivity contribution in [1.29, 1.82) is 0 Å². The molecular weight excluding hydrogens is 274 g/mol. The van der Waals surface area contributed by atoms with Gasteiger partial charge in [-0.15, -0.1) is 0 Å². The lowest BCUT2D eigenvalue weighted by molar-refractivity contribution is -0.146. The number of rotatable bonds is 5. The molecule has 1 aromatic rings. The zero-order valence-corrected chi connectivity index (χ0v) is 13.5. The maximum absolute atomic E-state index is 12.3. The summed E-state index contributed by atoms with van der Waals surface area (Å²) in [7, 11) is 0. The van der Waals surface area contributed by atoms with Crippen LogP contribution in [-0.4, -0.2) is 19.1 Å². The van der Waals surface area contributed by atoms with Gasteiger partial charge in [0, 0.05) is 19.6 Å². The molecule has 1 saturated carbocycles. The minimum Gasteiger partial charge on any atom is -0.465 e. The molecule has 2 fully saturated rings. The number of allylic oxidation sites excluding steroid dienone is 1. The molecule has 1 aromatic carbocycles. The summed E-state index contributed by atoms with van der Waals surface area (Å²) < 4.78 is 5.34. The van der Waals surface area contributed by atoms with Crippen LogP contribution in [0.4, 0.5) is 5.69 Å². The largest absolute Gasteiger partial charge is 0.465 e. The smallest absolute Gasteiger partial charge is 0.313 e. The molecule has 0 radical (unpaired) electrons. The molecule has 1 saturated heterocycles. The number of nitrogens with one attached hydrogen (secondary N) is 1. The predicted octanol–water partition coefficient (Wildman–Crippen LogP) is 4.05. The Bertz CT molecular complexity index is 582. The van der Waals surface area contributed by atoms with Gasteiger partial charge in [-0.3, -0.25) is 4.79 Å². The van der Waals surface area contributed by atoms with E-state index in [9.17, 15) is 4.79 Å². The van der Waals surface area contributed by atoms with Gasteiger partial charge in [-0.25, -0.2) is 0 Å². The van der Waals surface area contributed by atoms with Crippen LogP contribution in [-0.2, 0) is 16.0 Å². The van der Waals surface area contributed by atoms with Gasteiger partial charge in [0.2, 0.25) is 0 Å². The Morgan fingerprint density at radius 3 is 2.82 bits per heavy atom. The van der Waals surface area contributed by atoms with E-state index in [1.165, 1.54) is 11.1 Å². The summed E-state index contributed by atoms with van der Waals surface area (Å²) in [5.74, 6) is 0.904. The van der Waals surface area contributed by atoms with Crippen molar-refractivity contribution in [3.8, 4) is 0 Å². The zero-order chi connectivity index (χ0) is 15.7. The van der Waals surface area contributed by atoms with Crippen molar-refractivity contribution in [1.82, 2.24) is 0 Å². The van der Waals surface area contributed by atoms with E-state index in [4.69, 9.17) is 4.74 Å². The van der Waals surface area contributed by atoms with Gasteiger partial charge in [0.25, 0.3) is 0 Å². The second-order valence-corrected chi connectivity index (χ2v) is 7.23. The van der Waals surface area contributed by atoms with Gasteiger partial charge in [-0.1, -0.05) is 38.1 Å². The number of carbonyl (C=O) groups is 1. The molecule has 1 aliphatic heterocycles. The lowest BCUT2D eigenvalue weighted by Crippen LogP contribution is -2.31. The maximum atomic E-state index is 12.3. The Kier molecular flexibility index (Phi) is 3.98. The Labute approximate surface area is 134 Å². The molecule has 0 aromatic heterocycles. The zero-order valence-electron chi connectivity index (χ0n) is 13.5. The van der Waals surface area contributed by atoms with Crippen molar-refractivity contribution in [3.05, 3.63) is 42.0 Å². The first-order valence-corrected chi connectivity index (χ1v) is 8.16. The molecular formula is C19H27NO2. The van der Waals surface area contributed by atoms with Gasteiger partial charge in [0.15, 0.2) is 0 Å². The van der Waals surface area contributed by atoms with Crippen molar-refractivity contribution in [2.24, 2.45) is 17.3 Å². The van der Waals surface area contributed by atoms with Crippen molar-refractivity contribution >= 4 is 11.7 Å². The van der Waals surface area contributed by atoms with Crippen molar-refractivity contribution in [2.45, 2.75) is 33.1 Å². The summed E-state index contributed by atoms with van der Waals surface area (Å²) in [6, 6.07) is 8.46. The summed E-state index contributed by atoms with van der Waals surface area (Å²) in [5.41, 5.74) is 3.17. The van der Waals surface area contributed by atoms with Crippen LogP contribution in [0, 0.1) is 17.3 Å². The topological polar surface area (TPSA) is 38.3 Å². The Hall–Kier alpha value is -1.77. The Morgan fingerprint density at radius 1 is 1.41 bits per heavy atom. The van der Waals surface area contributed by atoms with Crippen LogP contribution in [0.5, 0.6) is 0 Å². The van der Waals surface area contributed by atoms with Gasteiger partial charge in [-0.05, 0) is 42.9 Å². The van der Waals surface area contributed by atoms with Crippen LogP contribution >= 0.6 is 0 Å². The fourth-order valence-electron chi connectivity index (χ4n) is 3.69. The molecule has 2 aliphatic rings. The highest BCUT2D eigenvalue weighted by Crippen LogP contribution is 2.52. The minimum atomic E-state index is -0.357. The summed E-state index contributed by atoms with van der Waals surface area (Å²) in [6.07, 6.45) is 2.48. The summed E-state index contributed by atoms with van der Waals surface area (Å²) >= 11 is 0. The summed E-state index contributed by atoms with van der Waals surface area (Å²) in [6.45, 7) is 10.0. The molecule has 2 unspecified atom stereocenters. The Morgan fingerprint density at radius 2 is 2.14 bits per heavy atom. The summed E-state index contributed by atoms with van der Waals surface area (Å²) in [4.78, 5) is 12.3. The predicted molar refractivity (Wildman–Crippen MR) is 90.8 cm³/mol. The highest BCUT2D eigenvalue weighted by molar-refractivity contribution is 5.81. The number of anilines is 1. The van der Waals surface area contributed by atoms with Crippen LogP contribution < -0.4 is 5.32 Å². The second-order valence-electron chi connectivity index (χ2n) is 7.23. The van der Waals surface area contributed by atoms with Crippen LogP contribution in [0.1, 0.15) is 33.7 Å². The number of cyclic esters (lactones) is 1. The van der Waals surface area contributed by atoms with Gasteiger partial charge in [0.05, 0.1) is 12.0 Å². The number of hydrogen-bond donors (Lipinski definition) is 1. The van der Waals surface area contributed by atoms with Gasteiger partial charge < -0.3 is 10.1 Å². The molecule has 0 spiro atoms.